The Bertz CT molecular complexity index is 2940. The first-order valence-corrected chi connectivity index (χ1v) is 22.3. The average Bonchev–Trinajstić information content (AvgIpc) is 3.98. The number of nitrogens with zero attached hydrogens (tertiary/aromatic N) is 4. The van der Waals surface area contributed by atoms with Gasteiger partial charge in [-0.3, -0.25) is 0 Å². The molecule has 0 N–H and O–H groups in total. The first-order valence-electron chi connectivity index (χ1n) is 22.3. The summed E-state index contributed by atoms with van der Waals surface area (Å²) in [5.41, 5.74) is 16.3. The van der Waals surface area contributed by atoms with Gasteiger partial charge in [0.2, 0.25) is 0 Å². The third kappa shape index (κ3) is 5.87. The number of fused-ring (bicyclic) bond motifs is 12. The van der Waals surface area contributed by atoms with Gasteiger partial charge in [0.1, 0.15) is 59.1 Å². The summed E-state index contributed by atoms with van der Waals surface area (Å²) in [5.74, 6) is 4.09. The van der Waals surface area contributed by atoms with E-state index in [1.165, 1.54) is 67.1 Å². The highest BCUT2D eigenvalue weighted by molar-refractivity contribution is 6.11. The maximum atomic E-state index is 6.79. The Labute approximate surface area is 355 Å². The van der Waals surface area contributed by atoms with Crippen LogP contribution >= 0.6 is 0 Å². The predicted octanol–water partition coefficient (Wildman–Crippen LogP) is 13.7. The van der Waals surface area contributed by atoms with Gasteiger partial charge in [-0.05, 0) is 77.5 Å². The predicted molar refractivity (Wildman–Crippen MR) is 246 cm³/mol. The van der Waals surface area contributed by atoms with E-state index >= 15 is 0 Å². The number of imidazole rings is 2. The summed E-state index contributed by atoms with van der Waals surface area (Å²) in [4.78, 5) is 0. The summed E-state index contributed by atoms with van der Waals surface area (Å²) in [6.07, 6.45) is 12.0. The monoisotopic (exact) mass is 790 g/mol. The molecule has 2 atom stereocenters. The molecule has 302 valence electrons. The Kier molecular flexibility index (Phi) is 9.35. The van der Waals surface area contributed by atoms with Crippen molar-refractivity contribution >= 4 is 27.6 Å². The second-order valence-electron chi connectivity index (χ2n) is 18.6. The molecule has 0 fully saturated rings. The molecule has 0 amide bonds. The van der Waals surface area contributed by atoms with E-state index in [-0.39, 0.29) is 12.0 Å². The lowest BCUT2D eigenvalue weighted by Crippen LogP contribution is -2.48. The Balaban J connectivity index is 1.20. The van der Waals surface area contributed by atoms with Crippen LogP contribution in [0, 0.1) is 0 Å². The molecule has 0 radical (unpaired) electrons. The maximum Gasteiger partial charge on any atom is 0.299 e. The number of hydrogen-bond acceptors (Lipinski definition) is 1. The molecular formula is C55H58N4O+2. The molecule has 3 aromatic heterocycles. The van der Waals surface area contributed by atoms with Crippen LogP contribution in [-0.2, 0) is 6.42 Å². The molecule has 8 aromatic rings. The van der Waals surface area contributed by atoms with Crippen molar-refractivity contribution < 1.29 is 13.6 Å². The van der Waals surface area contributed by atoms with Crippen molar-refractivity contribution in [3.63, 3.8) is 0 Å². The molecule has 0 bridgehead atoms. The number of aryl methyl sites for hydroxylation is 1. The van der Waals surface area contributed by atoms with E-state index in [0.29, 0.717) is 23.7 Å². The van der Waals surface area contributed by atoms with Crippen LogP contribution in [0.5, 0.6) is 0 Å². The van der Waals surface area contributed by atoms with Gasteiger partial charge < -0.3 is 4.42 Å². The summed E-state index contributed by atoms with van der Waals surface area (Å²) in [7, 11) is 0. The van der Waals surface area contributed by atoms with Crippen molar-refractivity contribution in [2.24, 2.45) is 0 Å². The van der Waals surface area contributed by atoms with Crippen molar-refractivity contribution in [2.75, 3.05) is 0 Å². The van der Waals surface area contributed by atoms with Crippen LogP contribution < -0.4 is 9.13 Å². The molecule has 0 spiro atoms. The van der Waals surface area contributed by atoms with Crippen molar-refractivity contribution in [3.8, 4) is 34.2 Å². The summed E-state index contributed by atoms with van der Waals surface area (Å²) in [5, 5.41) is 2.34. The second-order valence-corrected chi connectivity index (χ2v) is 18.6. The minimum absolute atomic E-state index is 0.174. The number of rotatable bonds is 6. The van der Waals surface area contributed by atoms with Gasteiger partial charge in [-0.2, -0.15) is 13.7 Å². The van der Waals surface area contributed by atoms with Gasteiger partial charge in [-0.15, -0.1) is 0 Å². The lowest BCUT2D eigenvalue weighted by molar-refractivity contribution is -0.719. The molecule has 0 saturated heterocycles. The van der Waals surface area contributed by atoms with Crippen molar-refractivity contribution in [1.29, 1.82) is 0 Å². The lowest BCUT2D eigenvalue weighted by Gasteiger charge is -2.32. The molecule has 60 heavy (non-hydrogen) atoms. The molecule has 0 aliphatic carbocycles. The Hall–Kier alpha value is -5.94. The van der Waals surface area contributed by atoms with E-state index in [1.807, 2.05) is 0 Å². The zero-order valence-electron chi connectivity index (χ0n) is 36.5. The fraction of sp³-hybridized carbons (Fsp3) is 0.309. The Morgan fingerprint density at radius 1 is 0.633 bits per heavy atom. The number of benzene rings is 5. The standard InChI is InChI=1S/C55H58N4O/c1-33(2)39-22-16-23-40(34(3)4)51(39)58-30-28-57-48-31-37(9)56-27-29-59(52-46(35(5)6)32-47(36(7)8)53-50(52)45-21-14-15-24-49(45)60-53)54(56)41-18-11-10-17-38(41)25-26-43(48)42-19-12-13-20-44(42)55(57)58/h10-24,27-30,32-36,43,48H,9,25-26,31H2,1-8H3/q+2. The van der Waals surface area contributed by atoms with Crippen LogP contribution in [-0.4, -0.2) is 9.13 Å². The van der Waals surface area contributed by atoms with Crippen molar-refractivity contribution in [2.45, 2.75) is 110 Å². The summed E-state index contributed by atoms with van der Waals surface area (Å²) >= 11 is 0. The molecular weight excluding hydrogens is 733 g/mol. The second kappa shape index (κ2) is 14.7. The fourth-order valence-corrected chi connectivity index (χ4v) is 10.7. The van der Waals surface area contributed by atoms with Gasteiger partial charge >= 0.3 is 0 Å². The normalized spacial score (nSPS) is 16.4. The first-order chi connectivity index (χ1) is 29.0. The molecule has 5 aromatic carbocycles. The van der Waals surface area contributed by atoms with Gasteiger partial charge in [0.15, 0.2) is 0 Å². The largest absolute Gasteiger partial charge is 0.456 e. The number of aromatic nitrogens is 4. The van der Waals surface area contributed by atoms with Gasteiger partial charge in [0.25, 0.3) is 11.6 Å². The van der Waals surface area contributed by atoms with Crippen LogP contribution in [0.2, 0.25) is 0 Å². The number of hydrogen-bond donors (Lipinski definition) is 0. The third-order valence-corrected chi connectivity index (χ3v) is 13.6. The van der Waals surface area contributed by atoms with Crippen LogP contribution in [0.4, 0.5) is 0 Å². The molecule has 2 unspecified atom stereocenters. The molecule has 0 saturated carbocycles. The molecule has 5 nitrogen and oxygen atoms in total. The van der Waals surface area contributed by atoms with Gasteiger partial charge in [0.05, 0.1) is 22.9 Å². The van der Waals surface area contributed by atoms with Gasteiger partial charge in [-0.25, -0.2) is 4.57 Å². The average molecular weight is 791 g/mol. The SMILES string of the molecule is C=C1CC2C(CCc3ccccc3-c3n(-c4c(C(C)C)cc(C(C)C)c5oc6ccccc6c45)cc[n+]31)c1ccccc1-c1n(-c3c(C(C)C)cccc3C(C)C)cc[n+]12. The van der Waals surface area contributed by atoms with Crippen LogP contribution in [0.15, 0.2) is 133 Å². The minimum atomic E-state index is 0.174. The van der Waals surface area contributed by atoms with Crippen molar-refractivity contribution in [1.82, 2.24) is 9.13 Å². The van der Waals surface area contributed by atoms with Gasteiger partial charge in [-0.1, -0.05) is 135 Å². The highest BCUT2D eigenvalue weighted by Gasteiger charge is 2.43. The highest BCUT2D eigenvalue weighted by atomic mass is 16.3. The van der Waals surface area contributed by atoms with E-state index in [9.17, 15) is 0 Å². The quantitative estimate of drug-likeness (QED) is 0.154. The zero-order chi connectivity index (χ0) is 41.6. The van der Waals surface area contributed by atoms with Crippen LogP contribution in [0.3, 0.4) is 0 Å². The van der Waals surface area contributed by atoms with E-state index < -0.39 is 0 Å². The van der Waals surface area contributed by atoms with E-state index in [2.05, 4.69) is 196 Å². The Morgan fingerprint density at radius 2 is 1.27 bits per heavy atom. The molecule has 10 rings (SSSR count). The highest BCUT2D eigenvalue weighted by Crippen LogP contribution is 2.47. The Morgan fingerprint density at radius 3 is 2.00 bits per heavy atom. The first kappa shape index (κ1) is 38.3. The maximum absolute atomic E-state index is 6.79. The topological polar surface area (TPSA) is 30.8 Å². The van der Waals surface area contributed by atoms with E-state index in [0.717, 1.165) is 47.3 Å². The lowest BCUT2D eigenvalue weighted by atomic mass is 9.78. The van der Waals surface area contributed by atoms with Crippen LogP contribution in [0.25, 0.3) is 61.8 Å². The van der Waals surface area contributed by atoms with E-state index in [1.54, 1.807) is 0 Å². The summed E-state index contributed by atoms with van der Waals surface area (Å²) < 4.78 is 16.8. The molecule has 2 aliphatic heterocycles. The summed E-state index contributed by atoms with van der Waals surface area (Å²) in [6, 6.07) is 36.4. The fourth-order valence-electron chi connectivity index (χ4n) is 10.7. The van der Waals surface area contributed by atoms with Crippen LogP contribution in [0.1, 0.15) is 137 Å². The zero-order valence-corrected chi connectivity index (χ0v) is 36.5. The number of furan rings is 1. The van der Waals surface area contributed by atoms with E-state index in [4.69, 9.17) is 11.0 Å². The molecule has 5 heteroatoms. The molecule has 2 aliphatic rings. The third-order valence-electron chi connectivity index (χ3n) is 13.6. The summed E-state index contributed by atoms with van der Waals surface area (Å²) in [6.45, 7) is 23.5. The van der Waals surface area contributed by atoms with Gasteiger partial charge in [0, 0.05) is 28.0 Å². The van der Waals surface area contributed by atoms with Crippen molar-refractivity contribution in [3.05, 3.63) is 162 Å². The molecule has 5 heterocycles. The number of para-hydroxylation sites is 2. The number of allylic oxidation sites excluding steroid dienone is 1. The minimum Gasteiger partial charge on any atom is -0.456 e. The smallest absolute Gasteiger partial charge is 0.299 e.